The highest BCUT2D eigenvalue weighted by molar-refractivity contribution is 6.08. The number of benzene rings is 2. The quantitative estimate of drug-likeness (QED) is 0.538. The van der Waals surface area contributed by atoms with Crippen molar-refractivity contribution >= 4 is 21.7 Å². The third-order valence-electron chi connectivity index (χ3n) is 3.99. The van der Waals surface area contributed by atoms with Crippen LogP contribution in [0.4, 0.5) is 0 Å². The Labute approximate surface area is 126 Å². The van der Waals surface area contributed by atoms with E-state index in [2.05, 4.69) is 77.0 Å². The molecule has 21 heavy (non-hydrogen) atoms. The zero-order chi connectivity index (χ0) is 15.4. The summed E-state index contributed by atoms with van der Waals surface area (Å²) in [7, 11) is 0. The minimum atomic E-state index is -0.0372. The standard InChI is InChI=1S/C19H23NO/c1-18(2,3)14-11-12-9-7-8-10-13(12)15-16(14)21-20-17(15)19(4,5)6/h7-11H,1-6H3. The van der Waals surface area contributed by atoms with E-state index in [1.54, 1.807) is 0 Å². The molecule has 0 saturated heterocycles. The Balaban J connectivity index is 2.55. The number of aromatic nitrogens is 1. The molecule has 2 nitrogen and oxygen atoms in total. The van der Waals surface area contributed by atoms with Crippen LogP contribution < -0.4 is 0 Å². The van der Waals surface area contributed by atoms with E-state index in [-0.39, 0.29) is 10.8 Å². The van der Waals surface area contributed by atoms with Crippen LogP contribution in [0.15, 0.2) is 34.9 Å². The lowest BCUT2D eigenvalue weighted by atomic mass is 9.82. The van der Waals surface area contributed by atoms with Gasteiger partial charge in [-0.2, -0.15) is 0 Å². The second-order valence-corrected chi connectivity index (χ2v) is 7.88. The van der Waals surface area contributed by atoms with Crippen LogP contribution in [-0.4, -0.2) is 5.16 Å². The third kappa shape index (κ3) is 2.23. The molecule has 2 aromatic carbocycles. The fraction of sp³-hybridized carbons (Fsp3) is 0.421. The van der Waals surface area contributed by atoms with E-state index in [1.807, 2.05) is 0 Å². The van der Waals surface area contributed by atoms with E-state index in [0.717, 1.165) is 11.3 Å². The average Bonchev–Trinajstić information content (AvgIpc) is 2.81. The average molecular weight is 281 g/mol. The summed E-state index contributed by atoms with van der Waals surface area (Å²) in [6, 6.07) is 10.7. The normalized spacial score (nSPS) is 13.2. The van der Waals surface area contributed by atoms with Gasteiger partial charge in [0.1, 0.15) is 0 Å². The van der Waals surface area contributed by atoms with E-state index in [1.165, 1.54) is 21.7 Å². The smallest absolute Gasteiger partial charge is 0.171 e. The molecule has 0 saturated carbocycles. The number of fused-ring (bicyclic) bond motifs is 3. The first kappa shape index (κ1) is 14.1. The van der Waals surface area contributed by atoms with Gasteiger partial charge in [-0.1, -0.05) is 71.0 Å². The molecular formula is C19H23NO. The Bertz CT molecular complexity index is 813. The third-order valence-corrected chi connectivity index (χ3v) is 3.99. The van der Waals surface area contributed by atoms with E-state index in [0.29, 0.717) is 0 Å². The lowest BCUT2D eigenvalue weighted by Gasteiger charge is -2.21. The number of rotatable bonds is 0. The van der Waals surface area contributed by atoms with Gasteiger partial charge in [-0.25, -0.2) is 0 Å². The maximum atomic E-state index is 5.79. The summed E-state index contributed by atoms with van der Waals surface area (Å²) in [4.78, 5) is 0. The molecule has 0 atom stereocenters. The predicted molar refractivity (Wildman–Crippen MR) is 88.9 cm³/mol. The van der Waals surface area contributed by atoms with Gasteiger partial charge in [0.15, 0.2) is 5.58 Å². The van der Waals surface area contributed by atoms with E-state index < -0.39 is 0 Å². The molecule has 3 rings (SSSR count). The van der Waals surface area contributed by atoms with E-state index in [9.17, 15) is 0 Å². The van der Waals surface area contributed by atoms with Gasteiger partial charge in [0.05, 0.1) is 11.1 Å². The first-order valence-corrected chi connectivity index (χ1v) is 7.52. The van der Waals surface area contributed by atoms with Crippen LogP contribution in [0.25, 0.3) is 21.7 Å². The molecule has 0 aliphatic rings. The zero-order valence-electron chi connectivity index (χ0n) is 13.7. The van der Waals surface area contributed by atoms with Crippen LogP contribution in [-0.2, 0) is 10.8 Å². The van der Waals surface area contributed by atoms with Crippen molar-refractivity contribution < 1.29 is 4.52 Å². The van der Waals surface area contributed by atoms with Crippen molar-refractivity contribution in [2.24, 2.45) is 0 Å². The monoisotopic (exact) mass is 281 g/mol. The Morgan fingerprint density at radius 2 is 1.57 bits per heavy atom. The molecule has 0 aliphatic carbocycles. The maximum Gasteiger partial charge on any atom is 0.171 e. The molecule has 0 unspecified atom stereocenters. The first-order chi connectivity index (χ1) is 9.69. The molecule has 110 valence electrons. The van der Waals surface area contributed by atoms with E-state index >= 15 is 0 Å². The lowest BCUT2D eigenvalue weighted by Crippen LogP contribution is -2.13. The zero-order valence-corrected chi connectivity index (χ0v) is 13.7. The number of hydrogen-bond acceptors (Lipinski definition) is 2. The van der Waals surface area contributed by atoms with Crippen LogP contribution in [0, 0.1) is 0 Å². The van der Waals surface area contributed by atoms with Gasteiger partial charge in [0, 0.05) is 11.0 Å². The molecule has 0 spiro atoms. The highest BCUT2D eigenvalue weighted by Gasteiger charge is 2.28. The second-order valence-electron chi connectivity index (χ2n) is 7.88. The highest BCUT2D eigenvalue weighted by atomic mass is 16.5. The van der Waals surface area contributed by atoms with Crippen LogP contribution in [0.5, 0.6) is 0 Å². The topological polar surface area (TPSA) is 26.0 Å². The van der Waals surface area contributed by atoms with Crippen LogP contribution in [0.1, 0.15) is 52.8 Å². The SMILES string of the molecule is CC(C)(C)c1cc2ccccc2c2c(C(C)(C)C)noc12. The molecule has 0 radical (unpaired) electrons. The Kier molecular flexibility index (Phi) is 2.91. The summed E-state index contributed by atoms with van der Waals surface area (Å²) in [5.41, 5.74) is 3.19. The van der Waals surface area contributed by atoms with Crippen LogP contribution >= 0.6 is 0 Å². The summed E-state index contributed by atoms with van der Waals surface area (Å²) in [5.74, 6) is 0. The van der Waals surface area contributed by atoms with Crippen molar-refractivity contribution in [3.8, 4) is 0 Å². The van der Waals surface area contributed by atoms with Crippen LogP contribution in [0.2, 0.25) is 0 Å². The fourth-order valence-corrected chi connectivity index (χ4v) is 2.86. The minimum absolute atomic E-state index is 0.0248. The summed E-state index contributed by atoms with van der Waals surface area (Å²) in [6.45, 7) is 13.2. The van der Waals surface area contributed by atoms with Crippen molar-refractivity contribution in [3.05, 3.63) is 41.6 Å². The van der Waals surface area contributed by atoms with Crippen LogP contribution in [0.3, 0.4) is 0 Å². The van der Waals surface area contributed by atoms with Gasteiger partial charge in [-0.05, 0) is 22.3 Å². The molecule has 1 heterocycles. The summed E-state index contributed by atoms with van der Waals surface area (Å²) >= 11 is 0. The van der Waals surface area contributed by atoms with Crippen molar-refractivity contribution in [1.29, 1.82) is 0 Å². The fourth-order valence-electron chi connectivity index (χ4n) is 2.86. The summed E-state index contributed by atoms with van der Waals surface area (Å²) in [5, 5.41) is 8.07. The lowest BCUT2D eigenvalue weighted by molar-refractivity contribution is 0.414. The van der Waals surface area contributed by atoms with Gasteiger partial charge < -0.3 is 4.52 Å². The molecule has 1 aromatic heterocycles. The first-order valence-electron chi connectivity index (χ1n) is 7.52. The van der Waals surface area contributed by atoms with Gasteiger partial charge in [0.25, 0.3) is 0 Å². The summed E-state index contributed by atoms with van der Waals surface area (Å²) < 4.78 is 5.79. The Hall–Kier alpha value is -1.83. The molecule has 0 amide bonds. The second kappa shape index (κ2) is 4.33. The number of nitrogens with zero attached hydrogens (tertiary/aromatic N) is 1. The predicted octanol–water partition coefficient (Wildman–Crippen LogP) is 5.58. The molecule has 0 fully saturated rings. The largest absolute Gasteiger partial charge is 0.356 e. The maximum absolute atomic E-state index is 5.79. The highest BCUT2D eigenvalue weighted by Crippen LogP contribution is 2.40. The van der Waals surface area contributed by atoms with Gasteiger partial charge in [-0.15, -0.1) is 0 Å². The van der Waals surface area contributed by atoms with Crippen molar-refractivity contribution in [3.63, 3.8) is 0 Å². The van der Waals surface area contributed by atoms with E-state index in [4.69, 9.17) is 4.52 Å². The van der Waals surface area contributed by atoms with Gasteiger partial charge >= 0.3 is 0 Å². The summed E-state index contributed by atoms with van der Waals surface area (Å²) in [6.07, 6.45) is 0. The van der Waals surface area contributed by atoms with Crippen molar-refractivity contribution in [2.45, 2.75) is 52.4 Å². The molecule has 2 heteroatoms. The molecule has 0 aliphatic heterocycles. The minimum Gasteiger partial charge on any atom is -0.356 e. The van der Waals surface area contributed by atoms with Crippen molar-refractivity contribution in [1.82, 2.24) is 5.16 Å². The Morgan fingerprint density at radius 3 is 2.19 bits per heavy atom. The van der Waals surface area contributed by atoms with Crippen molar-refractivity contribution in [2.75, 3.05) is 0 Å². The van der Waals surface area contributed by atoms with Gasteiger partial charge in [-0.3, -0.25) is 0 Å². The molecular weight excluding hydrogens is 258 g/mol. The number of hydrogen-bond donors (Lipinski definition) is 0. The van der Waals surface area contributed by atoms with Gasteiger partial charge in [0.2, 0.25) is 0 Å². The molecule has 0 bridgehead atoms. The Morgan fingerprint density at radius 1 is 0.905 bits per heavy atom. The molecule has 0 N–H and O–H groups in total. The molecule has 3 aromatic rings.